The number of aromatic nitrogens is 2. The van der Waals surface area contributed by atoms with E-state index < -0.39 is 6.29 Å². The van der Waals surface area contributed by atoms with Crippen molar-refractivity contribution in [2.75, 3.05) is 0 Å². The number of nitrogens with zero attached hydrogens (tertiary/aromatic N) is 2. The summed E-state index contributed by atoms with van der Waals surface area (Å²) in [6, 6.07) is 0. The van der Waals surface area contributed by atoms with Gasteiger partial charge in [0, 0.05) is 0 Å². The fraction of sp³-hybridized carbons (Fsp3) is 0.750. The van der Waals surface area contributed by atoms with Gasteiger partial charge in [0.05, 0.1) is 6.29 Å². The van der Waals surface area contributed by atoms with Crippen LogP contribution in [0.2, 0.25) is 0 Å². The third-order valence-corrected chi connectivity index (χ3v) is 2.52. The molecule has 4 heteroatoms. The lowest BCUT2D eigenvalue weighted by Crippen LogP contribution is -2.54. The fourth-order valence-corrected chi connectivity index (χ4v) is 1.77. The molecule has 0 aliphatic rings. The summed E-state index contributed by atoms with van der Waals surface area (Å²) in [4.78, 5) is 0. The summed E-state index contributed by atoms with van der Waals surface area (Å²) in [7, 11) is 0. The zero-order chi connectivity index (χ0) is 12.7. The first-order chi connectivity index (χ1) is 7.05. The van der Waals surface area contributed by atoms with Crippen LogP contribution < -0.4 is 9.67 Å². The second-order valence-electron chi connectivity index (χ2n) is 6.09. The molecule has 0 radical (unpaired) electrons. The molecule has 16 heavy (non-hydrogen) atoms. The Bertz CT molecular complexity index is 336. The minimum Gasteiger partial charge on any atom is -0.822 e. The standard InChI is InChI=1S/C12H22N2O2/c1-11(2,3)13-7-8-14(12(4,5)6)9(13)10(15)16/h7-8,10,15H,1-6H3. The summed E-state index contributed by atoms with van der Waals surface area (Å²) in [5.41, 5.74) is -0.422. The first-order valence-electron chi connectivity index (χ1n) is 5.53. The Morgan fingerprint density at radius 2 is 1.75 bits per heavy atom. The van der Waals surface area contributed by atoms with Crippen molar-refractivity contribution in [3.63, 3.8) is 0 Å². The SMILES string of the molecule is CC(C)(C)n1cc[n+](C(C)(C)C)c1C([O-])O. The van der Waals surface area contributed by atoms with Gasteiger partial charge in [-0.3, -0.25) is 0 Å². The molecule has 0 aliphatic carbocycles. The molecule has 1 atom stereocenters. The van der Waals surface area contributed by atoms with Gasteiger partial charge in [-0.1, -0.05) is 0 Å². The quantitative estimate of drug-likeness (QED) is 0.564. The molecular formula is C12H22N2O2. The van der Waals surface area contributed by atoms with Crippen LogP contribution in [0.15, 0.2) is 12.4 Å². The summed E-state index contributed by atoms with van der Waals surface area (Å²) in [5, 5.41) is 20.8. The van der Waals surface area contributed by atoms with E-state index in [1.165, 1.54) is 0 Å². The van der Waals surface area contributed by atoms with Gasteiger partial charge < -0.3 is 10.2 Å². The Kier molecular flexibility index (Phi) is 3.18. The lowest BCUT2D eigenvalue weighted by atomic mass is 10.1. The number of imidazole rings is 1. The van der Waals surface area contributed by atoms with Gasteiger partial charge in [-0.2, -0.15) is 0 Å². The fourth-order valence-electron chi connectivity index (χ4n) is 1.77. The van der Waals surface area contributed by atoms with Crippen LogP contribution in [0.25, 0.3) is 0 Å². The average molecular weight is 226 g/mol. The molecule has 1 unspecified atom stereocenters. The summed E-state index contributed by atoms with van der Waals surface area (Å²) in [5.74, 6) is 0.403. The lowest BCUT2D eigenvalue weighted by molar-refractivity contribution is -0.774. The number of hydrogen-bond donors (Lipinski definition) is 1. The zero-order valence-electron chi connectivity index (χ0n) is 11.0. The summed E-state index contributed by atoms with van der Waals surface area (Å²) in [6.45, 7) is 12.0. The first kappa shape index (κ1) is 13.2. The van der Waals surface area contributed by atoms with E-state index in [0.717, 1.165) is 0 Å². The zero-order valence-corrected chi connectivity index (χ0v) is 11.0. The smallest absolute Gasteiger partial charge is 0.269 e. The van der Waals surface area contributed by atoms with E-state index in [9.17, 15) is 10.2 Å². The van der Waals surface area contributed by atoms with E-state index in [4.69, 9.17) is 0 Å². The second-order valence-corrected chi connectivity index (χ2v) is 6.09. The largest absolute Gasteiger partial charge is 0.822 e. The molecular weight excluding hydrogens is 204 g/mol. The molecule has 0 aromatic carbocycles. The van der Waals surface area contributed by atoms with E-state index in [1.54, 1.807) is 0 Å². The Hall–Kier alpha value is -0.870. The molecule has 1 heterocycles. The maximum Gasteiger partial charge on any atom is 0.269 e. The predicted molar refractivity (Wildman–Crippen MR) is 59.6 cm³/mol. The van der Waals surface area contributed by atoms with Gasteiger partial charge in [-0.15, -0.1) is 0 Å². The second kappa shape index (κ2) is 3.86. The van der Waals surface area contributed by atoms with Crippen LogP contribution in [0.4, 0.5) is 0 Å². The van der Waals surface area contributed by atoms with Crippen LogP contribution in [0.1, 0.15) is 53.7 Å². The minimum absolute atomic E-state index is 0.211. The Labute approximate surface area is 97.2 Å². The van der Waals surface area contributed by atoms with Crippen LogP contribution in [0.5, 0.6) is 0 Å². The number of hydrogen-bond acceptors (Lipinski definition) is 2. The van der Waals surface area contributed by atoms with Crippen LogP contribution in [-0.4, -0.2) is 9.67 Å². The van der Waals surface area contributed by atoms with Crippen molar-refractivity contribution in [3.8, 4) is 0 Å². The molecule has 0 saturated carbocycles. The van der Waals surface area contributed by atoms with Crippen LogP contribution in [0.3, 0.4) is 0 Å². The molecule has 4 nitrogen and oxygen atoms in total. The maximum absolute atomic E-state index is 11.4. The highest BCUT2D eigenvalue weighted by molar-refractivity contribution is 4.92. The summed E-state index contributed by atoms with van der Waals surface area (Å²) >= 11 is 0. The molecule has 92 valence electrons. The molecule has 0 amide bonds. The molecule has 0 spiro atoms. The van der Waals surface area contributed by atoms with Crippen LogP contribution >= 0.6 is 0 Å². The van der Waals surface area contributed by atoms with E-state index in [2.05, 4.69) is 0 Å². The van der Waals surface area contributed by atoms with E-state index in [-0.39, 0.29) is 11.1 Å². The van der Waals surface area contributed by atoms with Crippen molar-refractivity contribution >= 4 is 0 Å². The van der Waals surface area contributed by atoms with Gasteiger partial charge >= 0.3 is 0 Å². The van der Waals surface area contributed by atoms with Crippen molar-refractivity contribution in [1.82, 2.24) is 4.57 Å². The normalized spacial score (nSPS) is 15.2. The highest BCUT2D eigenvalue weighted by Gasteiger charge is 2.32. The lowest BCUT2D eigenvalue weighted by Gasteiger charge is -2.25. The minimum atomic E-state index is -1.71. The third-order valence-electron chi connectivity index (χ3n) is 2.52. The van der Waals surface area contributed by atoms with Gasteiger partial charge in [0.2, 0.25) is 0 Å². The monoisotopic (exact) mass is 226 g/mol. The first-order valence-corrected chi connectivity index (χ1v) is 5.53. The predicted octanol–water partition coefficient (Wildman–Crippen LogP) is 0.637. The maximum atomic E-state index is 11.4. The molecule has 1 N–H and O–H groups in total. The molecule has 1 rings (SSSR count). The molecule has 1 aromatic rings. The molecule has 1 aromatic heterocycles. The van der Waals surface area contributed by atoms with Gasteiger partial charge in [-0.05, 0) is 41.5 Å². The molecule has 0 fully saturated rings. The van der Waals surface area contributed by atoms with Gasteiger partial charge in [-0.25, -0.2) is 9.13 Å². The molecule has 0 aliphatic heterocycles. The summed E-state index contributed by atoms with van der Waals surface area (Å²) in [6.07, 6.45) is 1.98. The third kappa shape index (κ3) is 2.44. The number of rotatable bonds is 1. The number of aliphatic hydroxyl groups excluding tert-OH is 1. The van der Waals surface area contributed by atoms with E-state index >= 15 is 0 Å². The van der Waals surface area contributed by atoms with Gasteiger partial charge in [0.25, 0.3) is 5.82 Å². The van der Waals surface area contributed by atoms with Crippen molar-refractivity contribution in [2.24, 2.45) is 0 Å². The number of aliphatic hydroxyl groups is 1. The highest BCUT2D eigenvalue weighted by atomic mass is 16.5. The Balaban J connectivity index is 3.41. The van der Waals surface area contributed by atoms with E-state index in [1.807, 2.05) is 63.1 Å². The molecule has 0 bridgehead atoms. The van der Waals surface area contributed by atoms with Crippen LogP contribution in [-0.2, 0) is 11.1 Å². The van der Waals surface area contributed by atoms with Gasteiger partial charge in [0.1, 0.15) is 23.5 Å². The highest BCUT2D eigenvalue weighted by Crippen LogP contribution is 2.19. The van der Waals surface area contributed by atoms with Gasteiger partial charge in [0.15, 0.2) is 0 Å². The average Bonchev–Trinajstić information content (AvgIpc) is 2.43. The van der Waals surface area contributed by atoms with Crippen molar-refractivity contribution in [3.05, 3.63) is 18.2 Å². The topological polar surface area (TPSA) is 52.1 Å². The summed E-state index contributed by atoms with van der Waals surface area (Å²) < 4.78 is 3.66. The van der Waals surface area contributed by atoms with Crippen molar-refractivity contribution in [1.29, 1.82) is 0 Å². The Morgan fingerprint density at radius 3 is 2.06 bits per heavy atom. The van der Waals surface area contributed by atoms with Crippen molar-refractivity contribution in [2.45, 2.75) is 58.9 Å². The van der Waals surface area contributed by atoms with Crippen LogP contribution in [0, 0.1) is 0 Å². The van der Waals surface area contributed by atoms with E-state index in [0.29, 0.717) is 5.82 Å². The molecule has 0 saturated heterocycles. The van der Waals surface area contributed by atoms with Crippen molar-refractivity contribution < 1.29 is 14.8 Å². The Morgan fingerprint density at radius 1 is 1.25 bits per heavy atom.